The van der Waals surface area contributed by atoms with Gasteiger partial charge in [0.25, 0.3) is 0 Å². The zero-order chi connectivity index (χ0) is 14.5. The molecular formula is C16H23NO3. The number of aliphatic carboxylic acids is 1. The maximum Gasteiger partial charge on any atom is 0.311 e. The standard InChI is InChI=1S/C16H23NO3/c1-20-12-7-9-15(17)14(10-12)13(16(18)19)8-6-11-4-2-3-5-11/h7,9-11,13H,2-6,8,17H2,1H3,(H,18,19). The van der Waals surface area contributed by atoms with Gasteiger partial charge in [0.05, 0.1) is 13.0 Å². The third-order valence-electron chi connectivity index (χ3n) is 4.31. The highest BCUT2D eigenvalue weighted by Gasteiger charge is 2.25. The molecule has 1 aliphatic carbocycles. The van der Waals surface area contributed by atoms with Crippen molar-refractivity contribution in [3.63, 3.8) is 0 Å². The number of carboxylic acids is 1. The van der Waals surface area contributed by atoms with E-state index in [4.69, 9.17) is 10.5 Å². The Morgan fingerprint density at radius 1 is 1.45 bits per heavy atom. The van der Waals surface area contributed by atoms with Crippen LogP contribution in [-0.4, -0.2) is 18.2 Å². The molecule has 1 atom stereocenters. The van der Waals surface area contributed by atoms with Crippen molar-refractivity contribution < 1.29 is 14.6 Å². The third-order valence-corrected chi connectivity index (χ3v) is 4.31. The van der Waals surface area contributed by atoms with Crippen LogP contribution in [0.4, 0.5) is 5.69 Å². The largest absolute Gasteiger partial charge is 0.497 e. The van der Waals surface area contributed by atoms with Crippen molar-refractivity contribution in [3.05, 3.63) is 23.8 Å². The van der Waals surface area contributed by atoms with E-state index in [1.807, 2.05) is 0 Å². The zero-order valence-corrected chi connectivity index (χ0v) is 12.0. The normalized spacial score (nSPS) is 17.1. The van der Waals surface area contributed by atoms with Crippen molar-refractivity contribution >= 4 is 11.7 Å². The van der Waals surface area contributed by atoms with Crippen molar-refractivity contribution in [1.29, 1.82) is 0 Å². The molecule has 0 bridgehead atoms. The van der Waals surface area contributed by atoms with Crippen LogP contribution in [0.15, 0.2) is 18.2 Å². The number of carboxylic acid groups (broad SMARTS) is 1. The molecule has 3 N–H and O–H groups in total. The fraction of sp³-hybridized carbons (Fsp3) is 0.562. The average molecular weight is 277 g/mol. The molecule has 1 fully saturated rings. The first-order valence-electron chi connectivity index (χ1n) is 7.28. The summed E-state index contributed by atoms with van der Waals surface area (Å²) in [6.07, 6.45) is 6.65. The van der Waals surface area contributed by atoms with Gasteiger partial charge < -0.3 is 15.6 Å². The number of methoxy groups -OCH3 is 1. The molecule has 0 amide bonds. The second-order valence-corrected chi connectivity index (χ2v) is 5.61. The molecular weight excluding hydrogens is 254 g/mol. The number of nitrogens with two attached hydrogens (primary N) is 1. The lowest BCUT2D eigenvalue weighted by Gasteiger charge is -2.18. The minimum Gasteiger partial charge on any atom is -0.497 e. The first-order chi connectivity index (χ1) is 9.61. The molecule has 1 saturated carbocycles. The van der Waals surface area contributed by atoms with Gasteiger partial charge in [0.2, 0.25) is 0 Å². The Morgan fingerprint density at radius 3 is 2.75 bits per heavy atom. The molecule has 1 aromatic rings. The molecule has 0 heterocycles. The number of anilines is 1. The van der Waals surface area contributed by atoms with Crippen LogP contribution in [-0.2, 0) is 4.79 Å². The average Bonchev–Trinajstić information content (AvgIpc) is 2.93. The van der Waals surface area contributed by atoms with Gasteiger partial charge in [0.1, 0.15) is 5.75 Å². The summed E-state index contributed by atoms with van der Waals surface area (Å²) >= 11 is 0. The molecule has 0 spiro atoms. The molecule has 4 nitrogen and oxygen atoms in total. The van der Waals surface area contributed by atoms with Crippen LogP contribution >= 0.6 is 0 Å². The summed E-state index contributed by atoms with van der Waals surface area (Å²) in [6.45, 7) is 0. The Balaban J connectivity index is 2.12. The molecule has 0 aromatic heterocycles. The highest BCUT2D eigenvalue weighted by Crippen LogP contribution is 2.35. The van der Waals surface area contributed by atoms with Gasteiger partial charge in [-0.1, -0.05) is 25.7 Å². The van der Waals surface area contributed by atoms with E-state index in [1.165, 1.54) is 25.7 Å². The van der Waals surface area contributed by atoms with E-state index in [0.29, 0.717) is 29.3 Å². The molecule has 1 aliphatic rings. The van der Waals surface area contributed by atoms with Gasteiger partial charge in [-0.3, -0.25) is 4.79 Å². The van der Waals surface area contributed by atoms with Crippen molar-refractivity contribution in [2.24, 2.45) is 5.92 Å². The number of rotatable bonds is 6. The Kier molecular flexibility index (Phi) is 4.88. The van der Waals surface area contributed by atoms with Crippen LogP contribution in [0.1, 0.15) is 50.0 Å². The van der Waals surface area contributed by atoms with Crippen LogP contribution in [0.2, 0.25) is 0 Å². The van der Waals surface area contributed by atoms with Gasteiger partial charge in [0.15, 0.2) is 0 Å². The molecule has 0 aliphatic heterocycles. The molecule has 110 valence electrons. The van der Waals surface area contributed by atoms with Crippen LogP contribution in [0.3, 0.4) is 0 Å². The summed E-state index contributed by atoms with van der Waals surface area (Å²) in [5.74, 6) is -0.00125. The fourth-order valence-corrected chi connectivity index (χ4v) is 3.10. The Labute approximate surface area is 119 Å². The number of carbonyl (C=O) groups is 1. The van der Waals surface area contributed by atoms with Gasteiger partial charge in [-0.2, -0.15) is 0 Å². The maximum absolute atomic E-state index is 11.6. The number of hydrogen-bond acceptors (Lipinski definition) is 3. The minimum absolute atomic E-state index is 0.532. The molecule has 4 heteroatoms. The van der Waals surface area contributed by atoms with Crippen molar-refractivity contribution in [3.8, 4) is 5.75 Å². The molecule has 0 radical (unpaired) electrons. The van der Waals surface area contributed by atoms with E-state index in [2.05, 4.69) is 0 Å². The third kappa shape index (κ3) is 3.44. The summed E-state index contributed by atoms with van der Waals surface area (Å²) < 4.78 is 5.17. The summed E-state index contributed by atoms with van der Waals surface area (Å²) in [7, 11) is 1.57. The Bertz CT molecular complexity index is 467. The highest BCUT2D eigenvalue weighted by atomic mass is 16.5. The monoisotopic (exact) mass is 277 g/mol. The number of ether oxygens (including phenoxy) is 1. The second kappa shape index (κ2) is 6.64. The van der Waals surface area contributed by atoms with Crippen LogP contribution in [0.5, 0.6) is 5.75 Å². The lowest BCUT2D eigenvalue weighted by Crippen LogP contribution is -2.15. The van der Waals surface area contributed by atoms with Gasteiger partial charge >= 0.3 is 5.97 Å². The van der Waals surface area contributed by atoms with Gasteiger partial charge in [-0.25, -0.2) is 0 Å². The van der Waals surface area contributed by atoms with Gasteiger partial charge in [-0.15, -0.1) is 0 Å². The summed E-state index contributed by atoms with van der Waals surface area (Å²) in [4.78, 5) is 11.6. The lowest BCUT2D eigenvalue weighted by molar-refractivity contribution is -0.139. The molecule has 1 unspecified atom stereocenters. The topological polar surface area (TPSA) is 72.5 Å². The first-order valence-corrected chi connectivity index (χ1v) is 7.28. The minimum atomic E-state index is -0.803. The second-order valence-electron chi connectivity index (χ2n) is 5.61. The molecule has 2 rings (SSSR count). The van der Waals surface area contributed by atoms with E-state index < -0.39 is 11.9 Å². The number of nitrogen functional groups attached to an aromatic ring is 1. The van der Waals surface area contributed by atoms with E-state index >= 15 is 0 Å². The van der Waals surface area contributed by atoms with Crippen molar-refractivity contribution in [2.75, 3.05) is 12.8 Å². The fourth-order valence-electron chi connectivity index (χ4n) is 3.10. The first kappa shape index (κ1) is 14.7. The molecule has 1 aromatic carbocycles. The summed E-state index contributed by atoms with van der Waals surface area (Å²) in [5.41, 5.74) is 7.16. The predicted molar refractivity (Wildman–Crippen MR) is 79.0 cm³/mol. The molecule has 0 saturated heterocycles. The zero-order valence-electron chi connectivity index (χ0n) is 12.0. The van der Waals surface area contributed by atoms with Crippen LogP contribution < -0.4 is 10.5 Å². The van der Waals surface area contributed by atoms with E-state index in [-0.39, 0.29) is 0 Å². The lowest BCUT2D eigenvalue weighted by atomic mass is 9.89. The van der Waals surface area contributed by atoms with Crippen LogP contribution in [0.25, 0.3) is 0 Å². The van der Waals surface area contributed by atoms with Crippen LogP contribution in [0, 0.1) is 5.92 Å². The van der Waals surface area contributed by atoms with Crippen molar-refractivity contribution in [2.45, 2.75) is 44.4 Å². The highest BCUT2D eigenvalue weighted by molar-refractivity contribution is 5.78. The van der Waals surface area contributed by atoms with E-state index in [9.17, 15) is 9.90 Å². The predicted octanol–water partition coefficient (Wildman–Crippen LogP) is 3.42. The molecule has 20 heavy (non-hydrogen) atoms. The van der Waals surface area contributed by atoms with E-state index in [1.54, 1.807) is 25.3 Å². The Morgan fingerprint density at radius 2 is 2.15 bits per heavy atom. The number of benzene rings is 1. The van der Waals surface area contributed by atoms with Gasteiger partial charge in [0, 0.05) is 5.69 Å². The van der Waals surface area contributed by atoms with Crippen molar-refractivity contribution in [1.82, 2.24) is 0 Å². The maximum atomic E-state index is 11.6. The smallest absolute Gasteiger partial charge is 0.311 e. The van der Waals surface area contributed by atoms with E-state index in [0.717, 1.165) is 6.42 Å². The SMILES string of the molecule is COc1ccc(N)c(C(CCC2CCCC2)C(=O)O)c1. The number of hydrogen-bond donors (Lipinski definition) is 2. The quantitative estimate of drug-likeness (QED) is 0.781. The summed E-state index contributed by atoms with van der Waals surface area (Å²) in [6, 6.07) is 5.23. The Hall–Kier alpha value is -1.71. The summed E-state index contributed by atoms with van der Waals surface area (Å²) in [5, 5.41) is 9.49. The van der Waals surface area contributed by atoms with Gasteiger partial charge in [-0.05, 0) is 42.5 Å².